The predicted octanol–water partition coefficient (Wildman–Crippen LogP) is -2.20. The fourth-order valence-corrected chi connectivity index (χ4v) is 16.0. The van der Waals surface area contributed by atoms with E-state index in [0.717, 1.165) is 0 Å². The van der Waals surface area contributed by atoms with E-state index in [1.165, 1.54) is 4.90 Å². The predicted molar refractivity (Wildman–Crippen MR) is 357 cm³/mol. The van der Waals surface area contributed by atoms with Gasteiger partial charge in [-0.3, -0.25) is 52.7 Å². The van der Waals surface area contributed by atoms with E-state index >= 15 is 28.0 Å². The highest BCUT2D eigenvalue weighted by molar-refractivity contribution is 5.99. The zero-order chi connectivity index (χ0) is 71.4. The van der Waals surface area contributed by atoms with Crippen molar-refractivity contribution in [1.82, 2.24) is 68.7 Å². The molecule has 4 saturated heterocycles. The van der Waals surface area contributed by atoms with E-state index < -0.39 is 157 Å². The second kappa shape index (κ2) is 37.7. The molecule has 10 amide bonds. The van der Waals surface area contributed by atoms with Crippen LogP contribution < -0.4 is 75.3 Å². The van der Waals surface area contributed by atoms with Crippen LogP contribution in [-0.4, -0.2) is 224 Å². The van der Waals surface area contributed by atoms with Gasteiger partial charge in [-0.2, -0.15) is 0 Å². The number of nitrogens with one attached hydrogen (secondary N) is 12. The summed E-state index contributed by atoms with van der Waals surface area (Å²) in [6, 6.07) is -4.83. The molecule has 9 rings (SSSR count). The zero-order valence-corrected chi connectivity index (χ0v) is 57.0. The number of ether oxygens (including phenoxy) is 2. The molecular weight excluding hydrogens is 1300 g/mol. The van der Waals surface area contributed by atoms with E-state index in [4.69, 9.17) is 20.9 Å². The number of nitrogens with zero attached hydrogens (tertiary/aromatic N) is 1. The number of carboxylic acid groups (broad SMARTS) is 1. The maximum atomic E-state index is 15.3. The Balaban J connectivity index is 1.02. The van der Waals surface area contributed by atoms with Crippen molar-refractivity contribution in [2.45, 2.75) is 233 Å². The van der Waals surface area contributed by atoms with E-state index in [2.05, 4.69) is 63.8 Å². The van der Waals surface area contributed by atoms with Crippen molar-refractivity contribution in [3.8, 4) is 0 Å². The van der Waals surface area contributed by atoms with Gasteiger partial charge in [0, 0.05) is 44.3 Å². The molecule has 1 aromatic rings. The van der Waals surface area contributed by atoms with Gasteiger partial charge in [-0.05, 0) is 182 Å². The molecule has 0 aromatic heterocycles. The number of aliphatic hydroxyl groups is 1. The molecular formula is C68H105F2N15O15. The number of unbranched alkanes of at least 4 members (excludes halogenated alkanes) is 1. The maximum Gasteiger partial charge on any atom is 0.305 e. The van der Waals surface area contributed by atoms with Crippen molar-refractivity contribution < 1.29 is 81.2 Å². The number of benzene rings is 1. The topological polar surface area (TPSA) is 446 Å². The van der Waals surface area contributed by atoms with Gasteiger partial charge in [-0.1, -0.05) is 24.3 Å². The standard InChI is InChI=1S/C68H105F2N15O15/c69-42-11-15-48-46(25-42)40(29-74-48)23-51-63(93)80-52(24-41-30-75-49-16-12-43(70)26-47(41)49)64(94)82-54(28-60(89)90)66(96)81-53(27-44-31-73-36-77-44)65(95)83-55(22-37-9-13-45(86)14-10-37)68(98)85-19-4-8-57(85)67(97)84-56(61(72)91)35-100-34-39-6-3-5-38(21-39)33-99-20-17-58(87)78-50(7-1-2-18-71)62(92)76-32-59(88)79-51/h3,5-6,21,37,40-57,73-75,77,86H,1-2,4,7-20,22-36,71H2,(H2,72,91)(H,76,92)(H,78,87)(H,79,88)(H,80,93)(H,81,96)(H,82,94)(H,83,95)(H,84,97)(H,89,90)/t37?,40?,41?,42?,43?,44?,45?,46?,47?,48?,49?,50-,51-,52-,53-,54-,55-,56-,57-/m0/s1. The van der Waals surface area contributed by atoms with Crippen molar-refractivity contribution in [1.29, 1.82) is 0 Å². The molecule has 32 heteroatoms. The maximum absolute atomic E-state index is 15.3. The molecule has 3 aliphatic carbocycles. The number of nitrogens with two attached hydrogens (primary N) is 2. The number of halogens is 2. The Morgan fingerprint density at radius 3 is 1.81 bits per heavy atom. The number of hydrogen-bond acceptors (Lipinski definition) is 19. The Morgan fingerprint density at radius 2 is 1.20 bits per heavy atom. The van der Waals surface area contributed by atoms with Crippen molar-refractivity contribution in [3.05, 3.63) is 35.4 Å². The molecule has 9 unspecified atom stereocenters. The quantitative estimate of drug-likeness (QED) is 0.0829. The Labute approximate surface area is 581 Å². The van der Waals surface area contributed by atoms with Gasteiger partial charge >= 0.3 is 5.97 Å². The van der Waals surface area contributed by atoms with Crippen LogP contribution >= 0.6 is 0 Å². The van der Waals surface area contributed by atoms with Crippen LogP contribution in [-0.2, 0) is 75.4 Å². The molecule has 7 fully saturated rings. The summed E-state index contributed by atoms with van der Waals surface area (Å²) in [5.41, 5.74) is 13.0. The monoisotopic (exact) mass is 1410 g/mol. The van der Waals surface area contributed by atoms with E-state index in [9.17, 15) is 43.8 Å². The molecule has 5 heterocycles. The summed E-state index contributed by atoms with van der Waals surface area (Å²) < 4.78 is 42.2. The van der Waals surface area contributed by atoms with Crippen LogP contribution in [0.15, 0.2) is 24.3 Å². The number of aliphatic carboxylic acids is 1. The van der Waals surface area contributed by atoms with Crippen molar-refractivity contribution >= 4 is 65.0 Å². The summed E-state index contributed by atoms with van der Waals surface area (Å²) in [6.45, 7) is 0.691. The Hall–Kier alpha value is -7.07. The molecule has 3 saturated carbocycles. The first-order valence-electron chi connectivity index (χ1n) is 36.1. The molecule has 100 heavy (non-hydrogen) atoms. The number of carbonyl (C=O) groups excluding carboxylic acids is 10. The molecule has 0 radical (unpaired) electrons. The first-order chi connectivity index (χ1) is 48.1. The molecule has 1 aromatic carbocycles. The number of fused-ring (bicyclic) bond motifs is 5. The normalized spacial score (nSPS) is 34.9. The molecule has 556 valence electrons. The summed E-state index contributed by atoms with van der Waals surface area (Å²) in [5.74, 6) is -11.2. The third-order valence-electron chi connectivity index (χ3n) is 21.4. The van der Waals surface area contributed by atoms with Crippen molar-refractivity contribution in [3.63, 3.8) is 0 Å². The zero-order valence-electron chi connectivity index (χ0n) is 57.0. The highest BCUT2D eigenvalue weighted by Gasteiger charge is 2.47. The minimum absolute atomic E-state index is 0.0251. The SMILES string of the molecule is NCCCC[C@@H]1NC(=O)CCOCc2cccc(c2)COC[C@@H](C(N)=O)NC(=O)[C@@H]2CCCN2C(=O)[C@H](CC2CCC(O)CC2)NC(=O)[C@H](CC2CNCN2)NC(=O)[C@H](CC(=O)O)NC(=O)[C@H](CC2CNC3CCC(F)CC23)NC(=O)[C@H](CC2CNC3CCC(F)CC23)NC(=O)CNC1=O. The van der Waals surface area contributed by atoms with Crippen LogP contribution in [0.5, 0.6) is 0 Å². The minimum Gasteiger partial charge on any atom is -0.481 e. The third kappa shape index (κ3) is 22.5. The van der Waals surface area contributed by atoms with E-state index in [-0.39, 0.29) is 127 Å². The lowest BCUT2D eigenvalue weighted by Crippen LogP contribution is -2.61. The highest BCUT2D eigenvalue weighted by atomic mass is 19.1. The molecule has 30 nitrogen and oxygen atoms in total. The Morgan fingerprint density at radius 1 is 0.610 bits per heavy atom. The second-order valence-corrected chi connectivity index (χ2v) is 28.7. The van der Waals surface area contributed by atoms with E-state index in [1.807, 2.05) is 0 Å². The minimum atomic E-state index is -1.91. The van der Waals surface area contributed by atoms with Gasteiger partial charge in [0.05, 0.1) is 45.5 Å². The molecule has 5 aliphatic heterocycles. The van der Waals surface area contributed by atoms with Gasteiger partial charge in [0.1, 0.15) is 60.7 Å². The van der Waals surface area contributed by atoms with Crippen molar-refractivity contribution in [2.24, 2.45) is 41.1 Å². The lowest BCUT2D eigenvalue weighted by molar-refractivity contribution is -0.143. The van der Waals surface area contributed by atoms with Crippen LogP contribution in [0, 0.1) is 29.6 Å². The average molecular weight is 1410 g/mol. The fourth-order valence-electron chi connectivity index (χ4n) is 16.0. The van der Waals surface area contributed by atoms with Crippen LogP contribution in [0.25, 0.3) is 0 Å². The van der Waals surface area contributed by atoms with Gasteiger partial charge in [0.2, 0.25) is 59.1 Å². The van der Waals surface area contributed by atoms with Gasteiger partial charge in [-0.15, -0.1) is 0 Å². The van der Waals surface area contributed by atoms with E-state index in [1.54, 1.807) is 24.3 Å². The molecule has 2 bridgehead atoms. The second-order valence-electron chi connectivity index (χ2n) is 28.7. The number of carboxylic acids is 1. The molecule has 17 atom stereocenters. The van der Waals surface area contributed by atoms with Crippen LogP contribution in [0.2, 0.25) is 0 Å². The lowest BCUT2D eigenvalue weighted by Gasteiger charge is -2.34. The van der Waals surface area contributed by atoms with Crippen LogP contribution in [0.4, 0.5) is 8.78 Å². The van der Waals surface area contributed by atoms with E-state index in [0.29, 0.717) is 115 Å². The average Bonchev–Trinajstić information content (AvgIpc) is 1.64. The number of aliphatic hydroxyl groups excluding tert-OH is 1. The summed E-state index contributed by atoms with van der Waals surface area (Å²) in [6.07, 6.45) is 1.31. The number of hydrogen-bond donors (Lipinski definition) is 16. The third-order valence-corrected chi connectivity index (χ3v) is 21.4. The highest BCUT2D eigenvalue weighted by Crippen LogP contribution is 2.40. The molecule has 8 aliphatic rings. The van der Waals surface area contributed by atoms with Gasteiger partial charge in [0.15, 0.2) is 0 Å². The van der Waals surface area contributed by atoms with Crippen LogP contribution in [0.1, 0.15) is 146 Å². The lowest BCUT2D eigenvalue weighted by atomic mass is 9.76. The van der Waals surface area contributed by atoms with Gasteiger partial charge < -0.3 is 99.9 Å². The summed E-state index contributed by atoms with van der Waals surface area (Å²) in [7, 11) is 0. The Bertz CT molecular complexity index is 3000. The number of carbonyl (C=O) groups is 11. The first kappa shape index (κ1) is 77.1. The number of rotatable bonds is 15. The number of primary amides is 1. The molecule has 0 spiro atoms. The van der Waals surface area contributed by atoms with Gasteiger partial charge in [-0.25, -0.2) is 8.78 Å². The van der Waals surface area contributed by atoms with Gasteiger partial charge in [0.25, 0.3) is 0 Å². The fraction of sp³-hybridized carbons (Fsp3) is 0.750. The number of alkyl halides is 2. The Kier molecular flexibility index (Phi) is 29.1. The molecule has 18 N–H and O–H groups in total. The first-order valence-corrected chi connectivity index (χ1v) is 36.1. The summed E-state index contributed by atoms with van der Waals surface area (Å²) in [5, 5.41) is 55.7. The van der Waals surface area contributed by atoms with Crippen LogP contribution in [0.3, 0.4) is 0 Å². The summed E-state index contributed by atoms with van der Waals surface area (Å²) in [4.78, 5) is 158. The smallest absolute Gasteiger partial charge is 0.305 e. The number of amides is 10. The largest absolute Gasteiger partial charge is 0.481 e. The van der Waals surface area contributed by atoms with Crippen molar-refractivity contribution in [2.75, 3.05) is 59.2 Å². The summed E-state index contributed by atoms with van der Waals surface area (Å²) >= 11 is 0.